The van der Waals surface area contributed by atoms with Gasteiger partial charge in [0.25, 0.3) is 0 Å². The lowest BCUT2D eigenvalue weighted by Crippen LogP contribution is -2.35. The molecule has 0 radical (unpaired) electrons. The SMILES string of the molecule is CC(C(=O)O)c1ccc(NC(=O)CCCNC(=O)C(C)(C)C)cc1. The predicted molar refractivity (Wildman–Crippen MR) is 92.8 cm³/mol. The highest BCUT2D eigenvalue weighted by molar-refractivity contribution is 5.90. The summed E-state index contributed by atoms with van der Waals surface area (Å²) in [5.41, 5.74) is 0.877. The van der Waals surface area contributed by atoms with Crippen molar-refractivity contribution in [1.82, 2.24) is 5.32 Å². The maximum absolute atomic E-state index is 11.9. The van der Waals surface area contributed by atoms with Crippen LogP contribution in [0, 0.1) is 5.41 Å². The van der Waals surface area contributed by atoms with Crippen molar-refractivity contribution in [2.75, 3.05) is 11.9 Å². The van der Waals surface area contributed by atoms with Gasteiger partial charge in [0.1, 0.15) is 0 Å². The number of carboxylic acids is 1. The van der Waals surface area contributed by atoms with Gasteiger partial charge in [0.05, 0.1) is 5.92 Å². The standard InChI is InChI=1S/C18H26N2O4/c1-12(16(22)23)13-7-9-14(10-8-13)20-15(21)6-5-11-19-17(24)18(2,3)4/h7-10,12H,5-6,11H2,1-4H3,(H,19,24)(H,20,21)(H,22,23). The van der Waals surface area contributed by atoms with Gasteiger partial charge in [-0.2, -0.15) is 0 Å². The molecule has 0 heterocycles. The number of hydrogen-bond acceptors (Lipinski definition) is 3. The Balaban J connectivity index is 2.38. The number of aliphatic carboxylic acids is 1. The lowest BCUT2D eigenvalue weighted by molar-refractivity contribution is -0.138. The van der Waals surface area contributed by atoms with Crippen molar-refractivity contribution in [3.63, 3.8) is 0 Å². The van der Waals surface area contributed by atoms with Gasteiger partial charge in [-0.05, 0) is 31.0 Å². The van der Waals surface area contributed by atoms with E-state index < -0.39 is 17.3 Å². The summed E-state index contributed by atoms with van der Waals surface area (Å²) in [6, 6.07) is 6.76. The molecule has 0 aromatic heterocycles. The average molecular weight is 334 g/mol. The first-order chi connectivity index (χ1) is 11.1. The molecule has 6 heteroatoms. The van der Waals surface area contributed by atoms with E-state index in [4.69, 9.17) is 5.11 Å². The van der Waals surface area contributed by atoms with Crippen LogP contribution in [-0.4, -0.2) is 29.4 Å². The molecule has 1 atom stereocenters. The Morgan fingerprint density at radius 3 is 2.21 bits per heavy atom. The van der Waals surface area contributed by atoms with Crippen molar-refractivity contribution in [1.29, 1.82) is 0 Å². The van der Waals surface area contributed by atoms with Gasteiger partial charge in [0.2, 0.25) is 11.8 Å². The Kier molecular flexibility index (Phi) is 6.95. The topological polar surface area (TPSA) is 95.5 Å². The number of amides is 2. The number of rotatable bonds is 7. The molecular weight excluding hydrogens is 308 g/mol. The summed E-state index contributed by atoms with van der Waals surface area (Å²) >= 11 is 0. The normalized spacial score (nSPS) is 12.3. The van der Waals surface area contributed by atoms with Crippen LogP contribution in [0.1, 0.15) is 52.0 Å². The van der Waals surface area contributed by atoms with Crippen molar-refractivity contribution in [3.05, 3.63) is 29.8 Å². The minimum atomic E-state index is -0.885. The molecule has 1 unspecified atom stereocenters. The first kappa shape index (κ1) is 19.7. The third kappa shape index (κ3) is 6.40. The monoisotopic (exact) mass is 334 g/mol. The molecule has 1 aromatic rings. The number of anilines is 1. The molecule has 0 spiro atoms. The maximum atomic E-state index is 11.9. The summed E-state index contributed by atoms with van der Waals surface area (Å²) in [4.78, 5) is 34.5. The molecule has 1 rings (SSSR count). The minimum absolute atomic E-state index is 0.0361. The number of hydrogen-bond donors (Lipinski definition) is 3. The predicted octanol–water partition coefficient (Wildman–Crippen LogP) is 2.76. The first-order valence-corrected chi connectivity index (χ1v) is 8.02. The molecule has 3 N–H and O–H groups in total. The van der Waals surface area contributed by atoms with Crippen molar-refractivity contribution in [2.45, 2.75) is 46.5 Å². The zero-order valence-electron chi connectivity index (χ0n) is 14.7. The van der Waals surface area contributed by atoms with Crippen molar-refractivity contribution in [3.8, 4) is 0 Å². The quantitative estimate of drug-likeness (QED) is 0.668. The lowest BCUT2D eigenvalue weighted by Gasteiger charge is -2.17. The number of carbonyl (C=O) groups is 3. The number of carboxylic acid groups (broad SMARTS) is 1. The summed E-state index contributed by atoms with van der Waals surface area (Å²) in [5.74, 6) is -1.64. The second-order valence-corrected chi connectivity index (χ2v) is 6.84. The van der Waals surface area contributed by atoms with Gasteiger partial charge >= 0.3 is 5.97 Å². The zero-order chi connectivity index (χ0) is 18.3. The van der Waals surface area contributed by atoms with E-state index in [0.717, 1.165) is 0 Å². The van der Waals surface area contributed by atoms with Crippen LogP contribution in [0.15, 0.2) is 24.3 Å². The molecule has 132 valence electrons. The fraction of sp³-hybridized carbons (Fsp3) is 0.500. The van der Waals surface area contributed by atoms with Crippen molar-refractivity contribution < 1.29 is 19.5 Å². The fourth-order valence-corrected chi connectivity index (χ4v) is 1.94. The highest BCUT2D eigenvalue weighted by atomic mass is 16.4. The summed E-state index contributed by atoms with van der Waals surface area (Å²) in [5, 5.41) is 14.5. The molecule has 0 saturated carbocycles. The second-order valence-electron chi connectivity index (χ2n) is 6.84. The molecular formula is C18H26N2O4. The Bertz CT molecular complexity index is 588. The summed E-state index contributed by atoms with van der Waals surface area (Å²) in [7, 11) is 0. The molecule has 0 fully saturated rings. The van der Waals surface area contributed by atoms with E-state index in [-0.39, 0.29) is 11.8 Å². The van der Waals surface area contributed by atoms with Crippen LogP contribution in [0.4, 0.5) is 5.69 Å². The Morgan fingerprint density at radius 2 is 1.71 bits per heavy atom. The number of carbonyl (C=O) groups excluding carboxylic acids is 2. The highest BCUT2D eigenvalue weighted by Crippen LogP contribution is 2.18. The number of nitrogens with one attached hydrogen (secondary N) is 2. The third-order valence-electron chi connectivity index (χ3n) is 3.61. The molecule has 2 amide bonds. The number of benzene rings is 1. The van der Waals surface area contributed by atoms with Gasteiger partial charge in [-0.15, -0.1) is 0 Å². The van der Waals surface area contributed by atoms with E-state index in [2.05, 4.69) is 10.6 Å². The molecule has 24 heavy (non-hydrogen) atoms. The minimum Gasteiger partial charge on any atom is -0.481 e. The summed E-state index contributed by atoms with van der Waals surface area (Å²) < 4.78 is 0. The molecule has 0 saturated heterocycles. The van der Waals surface area contributed by atoms with Gasteiger partial charge in [-0.1, -0.05) is 32.9 Å². The molecule has 1 aromatic carbocycles. The first-order valence-electron chi connectivity index (χ1n) is 8.02. The van der Waals surface area contributed by atoms with Crippen LogP contribution in [-0.2, 0) is 14.4 Å². The average Bonchev–Trinajstić information content (AvgIpc) is 2.50. The molecule has 0 aliphatic rings. The fourth-order valence-electron chi connectivity index (χ4n) is 1.94. The molecule has 0 aliphatic heterocycles. The van der Waals surface area contributed by atoms with E-state index in [1.54, 1.807) is 31.2 Å². The van der Waals surface area contributed by atoms with E-state index in [0.29, 0.717) is 30.6 Å². The zero-order valence-corrected chi connectivity index (χ0v) is 14.7. The van der Waals surface area contributed by atoms with Crippen LogP contribution >= 0.6 is 0 Å². The lowest BCUT2D eigenvalue weighted by atomic mass is 9.96. The van der Waals surface area contributed by atoms with E-state index >= 15 is 0 Å². The Hall–Kier alpha value is -2.37. The molecule has 0 bridgehead atoms. The van der Waals surface area contributed by atoms with Crippen LogP contribution < -0.4 is 10.6 Å². The Morgan fingerprint density at radius 1 is 1.12 bits per heavy atom. The maximum Gasteiger partial charge on any atom is 0.310 e. The summed E-state index contributed by atoms with van der Waals surface area (Å²) in [6.07, 6.45) is 0.861. The van der Waals surface area contributed by atoms with Crippen molar-refractivity contribution >= 4 is 23.5 Å². The van der Waals surface area contributed by atoms with Crippen molar-refractivity contribution in [2.24, 2.45) is 5.41 Å². The van der Waals surface area contributed by atoms with Gasteiger partial charge in [-0.3, -0.25) is 14.4 Å². The largest absolute Gasteiger partial charge is 0.481 e. The van der Waals surface area contributed by atoms with Crippen LogP contribution in [0.3, 0.4) is 0 Å². The van der Waals surface area contributed by atoms with E-state index in [1.165, 1.54) is 0 Å². The van der Waals surface area contributed by atoms with E-state index in [1.807, 2.05) is 20.8 Å². The van der Waals surface area contributed by atoms with Crippen LogP contribution in [0.5, 0.6) is 0 Å². The Labute approximate surface area is 142 Å². The highest BCUT2D eigenvalue weighted by Gasteiger charge is 2.20. The molecule has 0 aliphatic carbocycles. The third-order valence-corrected chi connectivity index (χ3v) is 3.61. The summed E-state index contributed by atoms with van der Waals surface area (Å²) in [6.45, 7) is 7.58. The van der Waals surface area contributed by atoms with Gasteiger partial charge < -0.3 is 15.7 Å². The second kappa shape index (κ2) is 8.47. The van der Waals surface area contributed by atoms with Crippen LogP contribution in [0.25, 0.3) is 0 Å². The van der Waals surface area contributed by atoms with Gasteiger partial charge in [0, 0.05) is 24.1 Å². The van der Waals surface area contributed by atoms with Gasteiger partial charge in [-0.25, -0.2) is 0 Å². The molecule has 6 nitrogen and oxygen atoms in total. The van der Waals surface area contributed by atoms with Gasteiger partial charge in [0.15, 0.2) is 0 Å². The smallest absolute Gasteiger partial charge is 0.310 e. The van der Waals surface area contributed by atoms with E-state index in [9.17, 15) is 14.4 Å². The van der Waals surface area contributed by atoms with Crippen LogP contribution in [0.2, 0.25) is 0 Å².